The normalized spacial score (nSPS) is 24.2. The number of aliphatic hydroxyl groups excluding tert-OH is 2. The second kappa shape index (κ2) is 4.00. The van der Waals surface area contributed by atoms with Crippen molar-refractivity contribution in [2.75, 3.05) is 0 Å². The largest absolute Gasteiger partial charge is 0.504 e. The molecule has 0 radical (unpaired) electrons. The predicted molar refractivity (Wildman–Crippen MR) is 58.9 cm³/mol. The van der Waals surface area contributed by atoms with Gasteiger partial charge in [0.15, 0.2) is 11.5 Å². The predicted octanol–water partition coefficient (Wildman–Crippen LogP) is 0.773. The number of aromatic hydroxyl groups is 2. The third-order valence-corrected chi connectivity index (χ3v) is 2.55. The molecular weight excluding hydrogens is 208 g/mol. The van der Waals surface area contributed by atoms with Crippen LogP contribution in [0.2, 0.25) is 0 Å². The summed E-state index contributed by atoms with van der Waals surface area (Å²) in [6.07, 6.45) is 2.54. The molecule has 1 aliphatic carbocycles. The Morgan fingerprint density at radius 1 is 1.06 bits per heavy atom. The highest BCUT2D eigenvalue weighted by atomic mass is 16.3. The average Bonchev–Trinajstić information content (AvgIpc) is 2.27. The summed E-state index contributed by atoms with van der Waals surface area (Å²) < 4.78 is 0. The van der Waals surface area contributed by atoms with Crippen molar-refractivity contribution in [3.8, 4) is 11.5 Å². The van der Waals surface area contributed by atoms with Crippen LogP contribution in [0.3, 0.4) is 0 Å². The van der Waals surface area contributed by atoms with E-state index in [0.29, 0.717) is 11.1 Å². The number of phenolic OH excluding ortho intramolecular Hbond substituents is 2. The maximum atomic E-state index is 9.74. The van der Waals surface area contributed by atoms with Crippen molar-refractivity contribution in [1.29, 1.82) is 0 Å². The molecule has 0 heterocycles. The van der Waals surface area contributed by atoms with Gasteiger partial charge in [-0.05, 0) is 11.6 Å². The van der Waals surface area contributed by atoms with Gasteiger partial charge in [0, 0.05) is 5.56 Å². The van der Waals surface area contributed by atoms with Crippen molar-refractivity contribution in [3.05, 3.63) is 42.0 Å². The smallest absolute Gasteiger partial charge is 0.165 e. The molecule has 0 amide bonds. The van der Waals surface area contributed by atoms with Gasteiger partial charge in [0.05, 0.1) is 0 Å². The SMILES string of the molecule is Oc1cccc(C2=CC=C[C@H](O)[C@@H]2O)c1O. The van der Waals surface area contributed by atoms with Gasteiger partial charge in [0.2, 0.25) is 0 Å². The highest BCUT2D eigenvalue weighted by Gasteiger charge is 2.24. The second-order valence-electron chi connectivity index (χ2n) is 3.62. The van der Waals surface area contributed by atoms with Gasteiger partial charge < -0.3 is 20.4 Å². The first-order valence-corrected chi connectivity index (χ1v) is 4.87. The third-order valence-electron chi connectivity index (χ3n) is 2.55. The summed E-state index contributed by atoms with van der Waals surface area (Å²) in [5.74, 6) is -0.551. The number of hydrogen-bond acceptors (Lipinski definition) is 4. The van der Waals surface area contributed by atoms with Crippen molar-refractivity contribution in [2.45, 2.75) is 12.2 Å². The Kier molecular flexibility index (Phi) is 2.68. The standard InChI is InChI=1S/C12H12O4/c13-9-5-1-3-7(11(9)15)8-4-2-6-10(14)12(8)16/h1-6,9,11,13-16H/t9-,11+/m0/s1. The Balaban J connectivity index is 2.48. The molecule has 0 aliphatic heterocycles. The van der Waals surface area contributed by atoms with Gasteiger partial charge >= 0.3 is 0 Å². The van der Waals surface area contributed by atoms with Crippen molar-refractivity contribution in [1.82, 2.24) is 0 Å². The lowest BCUT2D eigenvalue weighted by Crippen LogP contribution is -2.26. The second-order valence-corrected chi connectivity index (χ2v) is 3.62. The zero-order valence-electron chi connectivity index (χ0n) is 8.41. The molecule has 84 valence electrons. The fraction of sp³-hybridized carbons (Fsp3) is 0.167. The summed E-state index contributed by atoms with van der Waals surface area (Å²) in [6, 6.07) is 4.47. The van der Waals surface area contributed by atoms with E-state index in [1.165, 1.54) is 12.1 Å². The highest BCUT2D eigenvalue weighted by molar-refractivity contribution is 5.77. The molecule has 0 unspecified atom stereocenters. The minimum absolute atomic E-state index is 0.255. The lowest BCUT2D eigenvalue weighted by Gasteiger charge is -2.22. The van der Waals surface area contributed by atoms with E-state index in [1.54, 1.807) is 24.3 Å². The maximum absolute atomic E-state index is 9.74. The van der Waals surface area contributed by atoms with Crippen LogP contribution in [0.15, 0.2) is 36.4 Å². The molecule has 1 aliphatic rings. The summed E-state index contributed by atoms with van der Waals surface area (Å²) in [5, 5.41) is 38.2. The van der Waals surface area contributed by atoms with Gasteiger partial charge in [-0.15, -0.1) is 0 Å². The van der Waals surface area contributed by atoms with Gasteiger partial charge in [0.25, 0.3) is 0 Å². The van der Waals surface area contributed by atoms with Crippen molar-refractivity contribution >= 4 is 5.57 Å². The molecule has 1 aromatic carbocycles. The summed E-state index contributed by atoms with van der Waals surface area (Å²) in [5.41, 5.74) is 0.694. The number of aliphatic hydroxyl groups is 2. The Hall–Kier alpha value is -1.78. The molecule has 0 bridgehead atoms. The van der Waals surface area contributed by atoms with E-state index < -0.39 is 12.2 Å². The summed E-state index contributed by atoms with van der Waals surface area (Å²) in [4.78, 5) is 0. The van der Waals surface area contributed by atoms with Gasteiger partial charge in [-0.1, -0.05) is 30.4 Å². The van der Waals surface area contributed by atoms with Crippen molar-refractivity contribution < 1.29 is 20.4 Å². The topological polar surface area (TPSA) is 80.9 Å². The molecule has 4 N–H and O–H groups in total. The molecule has 4 nitrogen and oxygen atoms in total. The number of phenols is 2. The van der Waals surface area contributed by atoms with Crippen LogP contribution in [-0.2, 0) is 0 Å². The highest BCUT2D eigenvalue weighted by Crippen LogP contribution is 2.36. The van der Waals surface area contributed by atoms with Crippen molar-refractivity contribution in [3.63, 3.8) is 0 Å². The molecule has 0 fully saturated rings. The van der Waals surface area contributed by atoms with Crippen LogP contribution in [0.25, 0.3) is 5.57 Å². The molecule has 2 atom stereocenters. The molecular formula is C12H12O4. The molecule has 2 rings (SSSR count). The first-order valence-electron chi connectivity index (χ1n) is 4.87. The quantitative estimate of drug-likeness (QED) is 0.527. The van der Waals surface area contributed by atoms with Crippen LogP contribution in [0.4, 0.5) is 0 Å². The molecule has 4 heteroatoms. The summed E-state index contributed by atoms with van der Waals surface area (Å²) in [7, 11) is 0. The number of hydrogen-bond donors (Lipinski definition) is 4. The fourth-order valence-electron chi connectivity index (χ4n) is 1.67. The molecule has 1 aromatic rings. The van der Waals surface area contributed by atoms with E-state index in [2.05, 4.69) is 0 Å². The van der Waals surface area contributed by atoms with Gasteiger partial charge in [0.1, 0.15) is 12.2 Å². The number of benzene rings is 1. The fourth-order valence-corrected chi connectivity index (χ4v) is 1.67. The van der Waals surface area contributed by atoms with E-state index in [-0.39, 0.29) is 11.5 Å². The Labute approximate surface area is 92.4 Å². The van der Waals surface area contributed by atoms with E-state index in [9.17, 15) is 20.4 Å². The van der Waals surface area contributed by atoms with E-state index in [1.807, 2.05) is 0 Å². The van der Waals surface area contributed by atoms with Crippen LogP contribution in [0, 0.1) is 0 Å². The lowest BCUT2D eigenvalue weighted by atomic mass is 9.92. The lowest BCUT2D eigenvalue weighted by molar-refractivity contribution is 0.0858. The Morgan fingerprint density at radius 2 is 1.81 bits per heavy atom. The minimum atomic E-state index is -1.10. The number of para-hydroxylation sites is 1. The summed E-state index contributed by atoms with van der Waals surface area (Å²) >= 11 is 0. The Bertz CT molecular complexity index is 462. The van der Waals surface area contributed by atoms with Crippen LogP contribution in [-0.4, -0.2) is 32.6 Å². The number of rotatable bonds is 1. The van der Waals surface area contributed by atoms with Crippen LogP contribution >= 0.6 is 0 Å². The van der Waals surface area contributed by atoms with Gasteiger partial charge in [-0.3, -0.25) is 0 Å². The monoisotopic (exact) mass is 220 g/mol. The first-order chi connectivity index (χ1) is 7.61. The minimum Gasteiger partial charge on any atom is -0.504 e. The van der Waals surface area contributed by atoms with E-state index in [4.69, 9.17) is 0 Å². The summed E-state index contributed by atoms with van der Waals surface area (Å²) in [6.45, 7) is 0. The Morgan fingerprint density at radius 3 is 2.56 bits per heavy atom. The maximum Gasteiger partial charge on any atom is 0.165 e. The molecule has 0 spiro atoms. The zero-order valence-corrected chi connectivity index (χ0v) is 8.41. The van der Waals surface area contributed by atoms with Crippen LogP contribution in [0.1, 0.15) is 5.56 Å². The van der Waals surface area contributed by atoms with Crippen LogP contribution < -0.4 is 0 Å². The van der Waals surface area contributed by atoms with Gasteiger partial charge in [-0.25, -0.2) is 0 Å². The zero-order chi connectivity index (χ0) is 11.7. The first kappa shape index (κ1) is 10.7. The van der Waals surface area contributed by atoms with Gasteiger partial charge in [-0.2, -0.15) is 0 Å². The van der Waals surface area contributed by atoms with E-state index >= 15 is 0 Å². The molecule has 0 saturated heterocycles. The van der Waals surface area contributed by atoms with E-state index in [0.717, 1.165) is 0 Å². The number of allylic oxidation sites excluding steroid dienone is 2. The molecule has 0 aromatic heterocycles. The van der Waals surface area contributed by atoms with Crippen molar-refractivity contribution in [2.24, 2.45) is 0 Å². The average molecular weight is 220 g/mol. The van der Waals surface area contributed by atoms with Crippen LogP contribution in [0.5, 0.6) is 11.5 Å². The third kappa shape index (κ3) is 1.68. The molecule has 16 heavy (non-hydrogen) atoms. The molecule has 0 saturated carbocycles.